The molecule has 0 aromatic heterocycles. The summed E-state index contributed by atoms with van der Waals surface area (Å²) in [5, 5.41) is 3.57. The monoisotopic (exact) mass is 355 g/mol. The highest BCUT2D eigenvalue weighted by molar-refractivity contribution is 5.80. The van der Waals surface area contributed by atoms with Crippen molar-refractivity contribution >= 4 is 5.78 Å². The molecule has 1 N–H and O–H groups in total. The molecular formula is C23H49NO. The van der Waals surface area contributed by atoms with E-state index in [1.165, 1.54) is 83.7 Å². The van der Waals surface area contributed by atoms with Crippen LogP contribution >= 0.6 is 0 Å². The Labute approximate surface area is 159 Å². The van der Waals surface area contributed by atoms with E-state index in [1.807, 2.05) is 13.8 Å². The molecule has 0 saturated carbocycles. The fourth-order valence-corrected chi connectivity index (χ4v) is 2.89. The van der Waals surface area contributed by atoms with Gasteiger partial charge in [0.15, 0.2) is 0 Å². The number of hydrogen-bond acceptors (Lipinski definition) is 2. The van der Waals surface area contributed by atoms with E-state index in [-0.39, 0.29) is 5.92 Å². The summed E-state index contributed by atoms with van der Waals surface area (Å²) in [6.45, 7) is 12.8. The van der Waals surface area contributed by atoms with Crippen molar-refractivity contribution in [2.45, 2.75) is 125 Å². The van der Waals surface area contributed by atoms with E-state index in [1.54, 1.807) is 0 Å². The fraction of sp³-hybridized carbons (Fsp3) is 0.957. The molecule has 2 nitrogen and oxygen atoms in total. The van der Waals surface area contributed by atoms with E-state index in [0.717, 1.165) is 19.3 Å². The highest BCUT2D eigenvalue weighted by atomic mass is 16.1. The second kappa shape index (κ2) is 23.6. The maximum atomic E-state index is 11.7. The van der Waals surface area contributed by atoms with Crippen molar-refractivity contribution in [3.8, 4) is 0 Å². The molecule has 0 amide bonds. The first-order chi connectivity index (χ1) is 12.2. The molecule has 0 heterocycles. The van der Waals surface area contributed by atoms with Gasteiger partial charge in [-0.25, -0.2) is 0 Å². The smallest absolute Gasteiger partial charge is 0.135 e. The van der Waals surface area contributed by atoms with E-state index >= 15 is 0 Å². The van der Waals surface area contributed by atoms with Gasteiger partial charge in [-0.3, -0.25) is 4.79 Å². The van der Waals surface area contributed by atoms with Gasteiger partial charge in [0, 0.05) is 12.3 Å². The second-order valence-corrected chi connectivity index (χ2v) is 7.16. The van der Waals surface area contributed by atoms with Crippen molar-refractivity contribution in [2.24, 2.45) is 5.92 Å². The maximum absolute atomic E-state index is 11.7. The lowest BCUT2D eigenvalue weighted by atomic mass is 9.98. The van der Waals surface area contributed by atoms with Crippen molar-refractivity contribution in [1.82, 2.24) is 5.32 Å². The van der Waals surface area contributed by atoms with E-state index in [0.29, 0.717) is 5.78 Å². The average molecular weight is 356 g/mol. The highest BCUT2D eigenvalue weighted by Crippen LogP contribution is 2.11. The Bertz CT molecular complexity index is 252. The van der Waals surface area contributed by atoms with Crippen molar-refractivity contribution in [3.05, 3.63) is 0 Å². The van der Waals surface area contributed by atoms with Gasteiger partial charge in [0.2, 0.25) is 0 Å². The second-order valence-electron chi connectivity index (χ2n) is 7.16. The van der Waals surface area contributed by atoms with Crippen LogP contribution in [0.4, 0.5) is 0 Å². The zero-order valence-electron chi connectivity index (χ0n) is 18.3. The van der Waals surface area contributed by atoms with Crippen LogP contribution in [0.25, 0.3) is 0 Å². The normalized spacial score (nSPS) is 11.7. The largest absolute Gasteiger partial charge is 0.317 e. The van der Waals surface area contributed by atoms with Crippen LogP contribution in [0.5, 0.6) is 0 Å². The number of rotatable bonds is 18. The molecule has 152 valence electrons. The van der Waals surface area contributed by atoms with E-state index < -0.39 is 0 Å². The van der Waals surface area contributed by atoms with Gasteiger partial charge in [-0.1, -0.05) is 92.4 Å². The molecule has 1 atom stereocenters. The Balaban J connectivity index is 0. The van der Waals surface area contributed by atoms with Gasteiger partial charge in [-0.15, -0.1) is 0 Å². The Morgan fingerprint density at radius 1 is 0.720 bits per heavy atom. The lowest BCUT2D eigenvalue weighted by Crippen LogP contribution is -2.16. The Morgan fingerprint density at radius 3 is 1.64 bits per heavy atom. The molecule has 0 bridgehead atoms. The molecule has 0 rings (SSSR count). The Hall–Kier alpha value is -0.370. The van der Waals surface area contributed by atoms with Gasteiger partial charge in [0.05, 0.1) is 0 Å². The summed E-state index contributed by atoms with van der Waals surface area (Å²) in [5.74, 6) is 0.735. The van der Waals surface area contributed by atoms with Crippen LogP contribution in [-0.4, -0.2) is 18.9 Å². The summed E-state index contributed by atoms with van der Waals surface area (Å²) in [7, 11) is 0. The molecule has 0 aliphatic carbocycles. The molecule has 0 spiro atoms. The number of hydrogen-bond donors (Lipinski definition) is 1. The van der Waals surface area contributed by atoms with E-state index in [9.17, 15) is 4.79 Å². The van der Waals surface area contributed by atoms with Crippen molar-refractivity contribution < 1.29 is 4.79 Å². The van der Waals surface area contributed by atoms with Crippen molar-refractivity contribution in [3.63, 3.8) is 0 Å². The molecule has 0 aliphatic heterocycles. The Kier molecular flexibility index (Phi) is 25.4. The molecule has 0 fully saturated rings. The molecule has 0 aliphatic rings. The molecule has 0 aromatic rings. The Morgan fingerprint density at radius 2 is 1.16 bits per heavy atom. The summed E-state index contributed by atoms with van der Waals surface area (Å²) < 4.78 is 0. The quantitative estimate of drug-likeness (QED) is 0.261. The number of carbonyl (C=O) groups is 1. The van der Waals surface area contributed by atoms with Crippen LogP contribution in [0, 0.1) is 5.92 Å². The van der Waals surface area contributed by atoms with Crippen LogP contribution in [0.15, 0.2) is 0 Å². The number of carbonyl (C=O) groups excluding carboxylic acids is 1. The fourth-order valence-electron chi connectivity index (χ4n) is 2.89. The summed E-state index contributed by atoms with van der Waals surface area (Å²) in [6.07, 6.45) is 17.7. The van der Waals surface area contributed by atoms with Crippen molar-refractivity contribution in [1.29, 1.82) is 0 Å². The van der Waals surface area contributed by atoms with Crippen LogP contribution in [-0.2, 0) is 4.79 Å². The maximum Gasteiger partial charge on any atom is 0.135 e. The molecule has 0 radical (unpaired) electrons. The predicted molar refractivity (Wildman–Crippen MR) is 114 cm³/mol. The minimum absolute atomic E-state index is 0.271. The number of ketones is 1. The first-order valence-corrected chi connectivity index (χ1v) is 11.5. The molecule has 25 heavy (non-hydrogen) atoms. The summed E-state index contributed by atoms with van der Waals surface area (Å²) in [5.41, 5.74) is 0. The number of Topliss-reactive ketones (excluding diaryl/α,β-unsaturated/α-hetero) is 1. The van der Waals surface area contributed by atoms with Gasteiger partial charge in [-0.05, 0) is 38.8 Å². The van der Waals surface area contributed by atoms with Gasteiger partial charge in [-0.2, -0.15) is 0 Å². The van der Waals surface area contributed by atoms with Crippen LogP contribution < -0.4 is 5.32 Å². The summed E-state index contributed by atoms with van der Waals surface area (Å²) >= 11 is 0. The topological polar surface area (TPSA) is 29.1 Å². The highest BCUT2D eigenvalue weighted by Gasteiger charge is 2.09. The third-order valence-electron chi connectivity index (χ3n) is 4.90. The lowest BCUT2D eigenvalue weighted by Gasteiger charge is -2.07. The number of unbranched alkanes of at least 4 members (excludes halogenated alkanes) is 10. The zero-order chi connectivity index (χ0) is 19.2. The zero-order valence-corrected chi connectivity index (χ0v) is 18.3. The van der Waals surface area contributed by atoms with Crippen molar-refractivity contribution in [2.75, 3.05) is 13.1 Å². The third kappa shape index (κ3) is 21.6. The standard InChI is InChI=1S/C21H43NO.C2H6/c1-4-6-7-8-12-15-18-22-19-16-13-10-9-11-14-17-21(23)20(3)5-2;1-2/h20,22H,4-19H2,1-3H3;1-2H3. The number of nitrogens with one attached hydrogen (secondary N) is 1. The molecule has 0 aromatic carbocycles. The van der Waals surface area contributed by atoms with Crippen LogP contribution in [0.3, 0.4) is 0 Å². The molecule has 1 unspecified atom stereocenters. The minimum Gasteiger partial charge on any atom is -0.317 e. The van der Waals surface area contributed by atoms with Crippen LogP contribution in [0.2, 0.25) is 0 Å². The lowest BCUT2D eigenvalue weighted by molar-refractivity contribution is -0.122. The van der Waals surface area contributed by atoms with Crippen LogP contribution in [0.1, 0.15) is 125 Å². The molecular weight excluding hydrogens is 306 g/mol. The van der Waals surface area contributed by atoms with Gasteiger partial charge < -0.3 is 5.32 Å². The first-order valence-electron chi connectivity index (χ1n) is 11.5. The summed E-state index contributed by atoms with van der Waals surface area (Å²) in [6, 6.07) is 0. The van der Waals surface area contributed by atoms with Gasteiger partial charge >= 0.3 is 0 Å². The minimum atomic E-state index is 0.271. The average Bonchev–Trinajstić information content (AvgIpc) is 2.65. The SMILES string of the molecule is CC.CCCCCCCCNCCCCCCCCC(=O)C(C)CC. The third-order valence-corrected chi connectivity index (χ3v) is 4.90. The van der Waals surface area contributed by atoms with Gasteiger partial charge in [0.25, 0.3) is 0 Å². The molecule has 0 saturated heterocycles. The summed E-state index contributed by atoms with van der Waals surface area (Å²) in [4.78, 5) is 11.7. The molecule has 2 heteroatoms. The van der Waals surface area contributed by atoms with E-state index in [4.69, 9.17) is 0 Å². The van der Waals surface area contributed by atoms with Gasteiger partial charge in [0.1, 0.15) is 5.78 Å². The van der Waals surface area contributed by atoms with E-state index in [2.05, 4.69) is 26.1 Å². The predicted octanol–water partition coefficient (Wildman–Crippen LogP) is 7.31. The first kappa shape index (κ1) is 26.9.